The summed E-state index contributed by atoms with van der Waals surface area (Å²) in [5.41, 5.74) is 0. The van der Waals surface area contributed by atoms with E-state index >= 15 is 0 Å². The Morgan fingerprint density at radius 3 is 2.41 bits per heavy atom. The van der Waals surface area contributed by atoms with Gasteiger partial charge in [-0.1, -0.05) is 38.1 Å². The topological polar surface area (TPSA) is 79.6 Å². The zero-order valence-electron chi connectivity index (χ0n) is 16.4. The van der Waals surface area contributed by atoms with Crippen molar-refractivity contribution in [1.29, 1.82) is 0 Å². The molecule has 3 rings (SSSR count). The molecule has 1 atom stereocenters. The van der Waals surface area contributed by atoms with Gasteiger partial charge in [-0.3, -0.25) is 9.69 Å². The summed E-state index contributed by atoms with van der Waals surface area (Å²) >= 11 is 1.65. The van der Waals surface area contributed by atoms with Crippen LogP contribution in [0.3, 0.4) is 0 Å². The molecule has 1 aromatic carbocycles. The summed E-state index contributed by atoms with van der Waals surface area (Å²) in [4.78, 5) is 16.1. The van der Waals surface area contributed by atoms with E-state index < -0.39 is 15.7 Å². The van der Waals surface area contributed by atoms with Crippen molar-refractivity contribution in [3.63, 3.8) is 0 Å². The first-order valence-electron chi connectivity index (χ1n) is 9.43. The first kappa shape index (κ1) is 21.3. The maximum Gasteiger partial charge on any atom is 0.287 e. The molecule has 2 aromatic heterocycles. The maximum atomic E-state index is 12.6. The van der Waals surface area contributed by atoms with E-state index in [-0.39, 0.29) is 21.8 Å². The Balaban J connectivity index is 1.73. The second-order valence-corrected chi connectivity index (χ2v) is 9.26. The number of likely N-dealkylation sites (N-methyl/N-ethyl adjacent to an activating group) is 1. The van der Waals surface area contributed by atoms with Crippen molar-refractivity contribution in [1.82, 2.24) is 10.2 Å². The highest BCUT2D eigenvalue weighted by molar-refractivity contribution is 7.91. The minimum atomic E-state index is -3.79. The highest BCUT2D eigenvalue weighted by atomic mass is 32.2. The molecule has 29 heavy (non-hydrogen) atoms. The van der Waals surface area contributed by atoms with Gasteiger partial charge in [0.1, 0.15) is 0 Å². The van der Waals surface area contributed by atoms with Crippen molar-refractivity contribution < 1.29 is 17.6 Å². The van der Waals surface area contributed by atoms with Gasteiger partial charge in [0.05, 0.1) is 10.9 Å². The molecule has 154 valence electrons. The van der Waals surface area contributed by atoms with E-state index in [9.17, 15) is 13.2 Å². The smallest absolute Gasteiger partial charge is 0.287 e. The molecule has 3 aromatic rings. The number of rotatable bonds is 9. The highest BCUT2D eigenvalue weighted by Gasteiger charge is 2.25. The summed E-state index contributed by atoms with van der Waals surface area (Å²) in [5, 5.41) is 4.65. The number of carbonyl (C=O) groups is 1. The van der Waals surface area contributed by atoms with Crippen LogP contribution in [0, 0.1) is 0 Å². The van der Waals surface area contributed by atoms with Crippen LogP contribution >= 0.6 is 11.3 Å². The van der Waals surface area contributed by atoms with Crippen LogP contribution < -0.4 is 5.32 Å². The van der Waals surface area contributed by atoms with Crippen LogP contribution in [0.4, 0.5) is 0 Å². The molecule has 1 amide bonds. The van der Waals surface area contributed by atoms with Crippen molar-refractivity contribution in [2.45, 2.75) is 29.9 Å². The lowest BCUT2D eigenvalue weighted by Gasteiger charge is -2.29. The van der Waals surface area contributed by atoms with E-state index in [1.807, 2.05) is 11.4 Å². The van der Waals surface area contributed by atoms with Gasteiger partial charge in [0.25, 0.3) is 5.91 Å². The maximum absolute atomic E-state index is 12.6. The van der Waals surface area contributed by atoms with Gasteiger partial charge in [0.2, 0.25) is 14.9 Å². The number of carbonyl (C=O) groups excluding carboxylic acids is 1. The highest BCUT2D eigenvalue weighted by Crippen LogP contribution is 2.25. The van der Waals surface area contributed by atoms with E-state index in [1.54, 1.807) is 29.5 Å². The number of furan rings is 1. The molecule has 2 heterocycles. The minimum absolute atomic E-state index is 0.0241. The number of amides is 1. The number of hydrogen-bond acceptors (Lipinski definition) is 6. The fraction of sp³-hybridized carbons (Fsp3) is 0.286. The van der Waals surface area contributed by atoms with Gasteiger partial charge in [-0.25, -0.2) is 8.42 Å². The van der Waals surface area contributed by atoms with Gasteiger partial charge in [-0.05, 0) is 48.8 Å². The molecule has 0 saturated carbocycles. The standard InChI is InChI=1S/C21H24N2O4S2/c1-3-23(4-2)17(19-11-8-14-28-19)15-22-21(24)18-12-13-20(27-18)29(25,26)16-9-6-5-7-10-16/h5-14,17H,3-4,15H2,1-2H3,(H,22,24). The van der Waals surface area contributed by atoms with Gasteiger partial charge in [-0.15, -0.1) is 11.3 Å². The molecule has 8 heteroatoms. The number of thiophene rings is 1. The van der Waals surface area contributed by atoms with Crippen molar-refractivity contribution in [2.75, 3.05) is 19.6 Å². The number of nitrogens with zero attached hydrogens (tertiary/aromatic N) is 1. The van der Waals surface area contributed by atoms with Gasteiger partial charge in [0, 0.05) is 11.4 Å². The number of hydrogen-bond donors (Lipinski definition) is 1. The zero-order chi connectivity index (χ0) is 20.9. The Labute approximate surface area is 175 Å². The number of sulfone groups is 1. The third-order valence-corrected chi connectivity index (χ3v) is 7.32. The molecule has 0 saturated heterocycles. The van der Waals surface area contributed by atoms with E-state index in [0.29, 0.717) is 6.54 Å². The summed E-state index contributed by atoms with van der Waals surface area (Å²) in [5.74, 6) is -0.461. The summed E-state index contributed by atoms with van der Waals surface area (Å²) in [7, 11) is -3.79. The molecule has 6 nitrogen and oxygen atoms in total. The van der Waals surface area contributed by atoms with Crippen molar-refractivity contribution in [3.8, 4) is 0 Å². The Kier molecular flexibility index (Phi) is 6.89. The fourth-order valence-corrected chi connectivity index (χ4v) is 5.19. The molecule has 1 unspecified atom stereocenters. The predicted molar refractivity (Wildman–Crippen MR) is 113 cm³/mol. The van der Waals surface area contributed by atoms with Crippen LogP contribution in [0.15, 0.2) is 74.4 Å². The monoisotopic (exact) mass is 432 g/mol. The molecule has 0 bridgehead atoms. The second kappa shape index (κ2) is 9.39. The molecule has 0 aliphatic heterocycles. The van der Waals surface area contributed by atoms with Gasteiger partial charge < -0.3 is 9.73 Å². The number of nitrogens with one attached hydrogen (secondary N) is 1. The normalized spacial score (nSPS) is 12.8. The van der Waals surface area contributed by atoms with E-state index in [0.717, 1.165) is 13.1 Å². The molecular formula is C21H24N2O4S2. The number of benzene rings is 1. The van der Waals surface area contributed by atoms with Gasteiger partial charge >= 0.3 is 0 Å². The van der Waals surface area contributed by atoms with Gasteiger partial charge in [-0.2, -0.15) is 0 Å². The molecule has 1 N–H and O–H groups in total. The predicted octanol–water partition coefficient (Wildman–Crippen LogP) is 3.99. The summed E-state index contributed by atoms with van der Waals surface area (Å²) < 4.78 is 30.6. The zero-order valence-corrected chi connectivity index (χ0v) is 18.0. The molecule has 0 aliphatic rings. The lowest BCUT2D eigenvalue weighted by atomic mass is 10.2. The third kappa shape index (κ3) is 4.77. The van der Waals surface area contributed by atoms with E-state index in [2.05, 4.69) is 30.1 Å². The molecule has 0 fully saturated rings. The quantitative estimate of drug-likeness (QED) is 0.553. The Morgan fingerprint density at radius 1 is 1.07 bits per heavy atom. The minimum Gasteiger partial charge on any atom is -0.439 e. The largest absolute Gasteiger partial charge is 0.439 e. The van der Waals surface area contributed by atoms with Crippen molar-refractivity contribution in [2.24, 2.45) is 0 Å². The first-order valence-corrected chi connectivity index (χ1v) is 11.8. The second-order valence-electron chi connectivity index (χ2n) is 6.40. The van der Waals surface area contributed by atoms with Gasteiger partial charge in [0.15, 0.2) is 5.76 Å². The molecular weight excluding hydrogens is 408 g/mol. The fourth-order valence-electron chi connectivity index (χ4n) is 3.13. The van der Waals surface area contributed by atoms with Crippen LogP contribution in [0.2, 0.25) is 0 Å². The van der Waals surface area contributed by atoms with Crippen LogP contribution in [-0.2, 0) is 9.84 Å². The van der Waals surface area contributed by atoms with Crippen LogP contribution in [0.5, 0.6) is 0 Å². The lowest BCUT2D eigenvalue weighted by Crippen LogP contribution is -2.37. The third-order valence-electron chi connectivity index (χ3n) is 4.70. The molecule has 0 radical (unpaired) electrons. The first-order chi connectivity index (χ1) is 14.0. The Bertz CT molecular complexity index is 1020. The van der Waals surface area contributed by atoms with Crippen LogP contribution in [-0.4, -0.2) is 38.9 Å². The average molecular weight is 433 g/mol. The summed E-state index contributed by atoms with van der Waals surface area (Å²) in [6.45, 7) is 6.28. The summed E-state index contributed by atoms with van der Waals surface area (Å²) in [6.07, 6.45) is 0. The van der Waals surface area contributed by atoms with Crippen molar-refractivity contribution in [3.05, 3.63) is 70.6 Å². The average Bonchev–Trinajstić information content (AvgIpc) is 3.44. The summed E-state index contributed by atoms with van der Waals surface area (Å²) in [6, 6.07) is 14.8. The van der Waals surface area contributed by atoms with E-state index in [4.69, 9.17) is 4.42 Å². The SMILES string of the molecule is CCN(CC)C(CNC(=O)c1ccc(S(=O)(=O)c2ccccc2)o1)c1cccs1. The Morgan fingerprint density at radius 2 is 1.79 bits per heavy atom. The lowest BCUT2D eigenvalue weighted by molar-refractivity contribution is 0.0902. The van der Waals surface area contributed by atoms with Crippen LogP contribution in [0.25, 0.3) is 0 Å². The Hall–Kier alpha value is -2.42. The van der Waals surface area contributed by atoms with E-state index in [1.165, 1.54) is 29.1 Å². The van der Waals surface area contributed by atoms with Crippen LogP contribution in [0.1, 0.15) is 35.3 Å². The van der Waals surface area contributed by atoms with Crippen molar-refractivity contribution >= 4 is 27.1 Å². The molecule has 0 spiro atoms. The molecule has 0 aliphatic carbocycles.